The zero-order valence-electron chi connectivity index (χ0n) is 16.6. The highest BCUT2D eigenvalue weighted by atomic mass is 16.7. The van der Waals surface area contributed by atoms with Crippen LogP contribution in [0.25, 0.3) is 11.3 Å². The molecule has 4 aromatic rings. The minimum atomic E-state index is -0.309. The van der Waals surface area contributed by atoms with Gasteiger partial charge in [0.1, 0.15) is 0 Å². The second-order valence-corrected chi connectivity index (χ2v) is 7.64. The van der Waals surface area contributed by atoms with Crippen molar-refractivity contribution in [1.29, 1.82) is 0 Å². The molecule has 1 unspecified atom stereocenters. The Morgan fingerprint density at radius 3 is 2.48 bits per heavy atom. The van der Waals surface area contributed by atoms with Crippen molar-refractivity contribution in [1.82, 2.24) is 15.1 Å². The van der Waals surface area contributed by atoms with Crippen LogP contribution in [-0.2, 0) is 6.54 Å². The summed E-state index contributed by atoms with van der Waals surface area (Å²) in [6.45, 7) is 0.796. The number of carbonyl (C=O) groups excluding carboxylic acids is 1. The van der Waals surface area contributed by atoms with Gasteiger partial charge < -0.3 is 14.8 Å². The fourth-order valence-corrected chi connectivity index (χ4v) is 4.30. The van der Waals surface area contributed by atoms with Crippen LogP contribution < -0.4 is 14.8 Å². The molecule has 6 heteroatoms. The Hall–Kier alpha value is -4.06. The SMILES string of the molecule is O=C1NC(c2ccc3c(c2)OCO3)c2c1nn(Cc1ccccc1)c2-c1ccccc1. The molecule has 1 aromatic heterocycles. The summed E-state index contributed by atoms with van der Waals surface area (Å²) < 4.78 is 12.9. The molecule has 1 amide bonds. The van der Waals surface area contributed by atoms with Gasteiger partial charge in [-0.05, 0) is 23.3 Å². The van der Waals surface area contributed by atoms with Gasteiger partial charge in [-0.2, -0.15) is 5.10 Å². The Morgan fingerprint density at radius 1 is 0.935 bits per heavy atom. The monoisotopic (exact) mass is 409 g/mol. The first-order valence-electron chi connectivity index (χ1n) is 10.2. The predicted molar refractivity (Wildman–Crippen MR) is 115 cm³/mol. The summed E-state index contributed by atoms with van der Waals surface area (Å²) in [6, 6.07) is 25.7. The number of fused-ring (bicyclic) bond motifs is 2. The summed E-state index contributed by atoms with van der Waals surface area (Å²) in [5, 5.41) is 7.84. The first-order chi connectivity index (χ1) is 15.3. The van der Waals surface area contributed by atoms with E-state index < -0.39 is 0 Å². The topological polar surface area (TPSA) is 65.4 Å². The van der Waals surface area contributed by atoms with Crippen molar-refractivity contribution in [2.45, 2.75) is 12.6 Å². The van der Waals surface area contributed by atoms with Crippen LogP contribution in [0.4, 0.5) is 0 Å². The highest BCUT2D eigenvalue weighted by Gasteiger charge is 2.38. The number of nitrogens with one attached hydrogen (secondary N) is 1. The number of hydrogen-bond acceptors (Lipinski definition) is 4. The van der Waals surface area contributed by atoms with Crippen LogP contribution >= 0.6 is 0 Å². The molecule has 1 N–H and O–H groups in total. The lowest BCUT2D eigenvalue weighted by Gasteiger charge is -2.17. The van der Waals surface area contributed by atoms with Gasteiger partial charge in [0.25, 0.3) is 5.91 Å². The summed E-state index contributed by atoms with van der Waals surface area (Å²) in [5.74, 6) is 1.25. The fourth-order valence-electron chi connectivity index (χ4n) is 4.30. The van der Waals surface area contributed by atoms with Gasteiger partial charge in [-0.15, -0.1) is 0 Å². The molecule has 2 aliphatic heterocycles. The number of rotatable bonds is 4. The van der Waals surface area contributed by atoms with Crippen molar-refractivity contribution in [3.8, 4) is 22.8 Å². The van der Waals surface area contributed by atoms with Crippen LogP contribution in [0.15, 0.2) is 78.9 Å². The third-order valence-corrected chi connectivity index (χ3v) is 5.72. The van der Waals surface area contributed by atoms with Crippen LogP contribution in [-0.4, -0.2) is 22.5 Å². The molecule has 0 radical (unpaired) electrons. The minimum Gasteiger partial charge on any atom is -0.454 e. The molecular weight excluding hydrogens is 390 g/mol. The summed E-state index contributed by atoms with van der Waals surface area (Å²) in [4.78, 5) is 12.9. The molecule has 152 valence electrons. The highest BCUT2D eigenvalue weighted by Crippen LogP contribution is 2.41. The van der Waals surface area contributed by atoms with Crippen LogP contribution in [0.1, 0.15) is 33.2 Å². The molecule has 0 bridgehead atoms. The molecule has 0 aliphatic carbocycles. The van der Waals surface area contributed by atoms with Crippen molar-refractivity contribution >= 4 is 5.91 Å². The number of carbonyl (C=O) groups is 1. The molecule has 31 heavy (non-hydrogen) atoms. The van der Waals surface area contributed by atoms with E-state index in [1.807, 2.05) is 59.3 Å². The molecule has 2 aliphatic rings. The second kappa shape index (κ2) is 7.02. The Balaban J connectivity index is 1.52. The van der Waals surface area contributed by atoms with Gasteiger partial charge in [0.05, 0.1) is 18.3 Å². The van der Waals surface area contributed by atoms with Crippen molar-refractivity contribution in [3.63, 3.8) is 0 Å². The molecule has 0 fully saturated rings. The maximum absolute atomic E-state index is 12.9. The number of amides is 1. The van der Waals surface area contributed by atoms with E-state index in [2.05, 4.69) is 29.6 Å². The van der Waals surface area contributed by atoms with E-state index in [1.165, 1.54) is 0 Å². The molecule has 6 rings (SSSR count). The first kappa shape index (κ1) is 17.8. The molecule has 3 heterocycles. The van der Waals surface area contributed by atoms with Gasteiger partial charge in [-0.25, -0.2) is 0 Å². The zero-order valence-corrected chi connectivity index (χ0v) is 16.6. The summed E-state index contributed by atoms with van der Waals surface area (Å²) in [5.41, 5.74) is 5.40. The average molecular weight is 409 g/mol. The summed E-state index contributed by atoms with van der Waals surface area (Å²) in [7, 11) is 0. The van der Waals surface area contributed by atoms with Gasteiger partial charge in [0, 0.05) is 11.1 Å². The van der Waals surface area contributed by atoms with Crippen molar-refractivity contribution in [2.24, 2.45) is 0 Å². The third kappa shape index (κ3) is 2.95. The van der Waals surface area contributed by atoms with Gasteiger partial charge in [-0.1, -0.05) is 66.7 Å². The number of hydrogen-bond donors (Lipinski definition) is 1. The minimum absolute atomic E-state index is 0.165. The lowest BCUT2D eigenvalue weighted by atomic mass is 9.96. The van der Waals surface area contributed by atoms with E-state index in [1.54, 1.807) is 0 Å². The molecule has 6 nitrogen and oxygen atoms in total. The van der Waals surface area contributed by atoms with E-state index >= 15 is 0 Å². The molecule has 0 spiro atoms. The van der Waals surface area contributed by atoms with Crippen molar-refractivity contribution in [2.75, 3.05) is 6.79 Å². The predicted octanol–water partition coefficient (Wildman–Crippen LogP) is 4.16. The van der Waals surface area contributed by atoms with Crippen molar-refractivity contribution < 1.29 is 14.3 Å². The van der Waals surface area contributed by atoms with Crippen LogP contribution in [0.5, 0.6) is 11.5 Å². The van der Waals surface area contributed by atoms with E-state index in [0.29, 0.717) is 18.0 Å². The van der Waals surface area contributed by atoms with Gasteiger partial charge in [0.15, 0.2) is 17.2 Å². The average Bonchev–Trinajstić information content (AvgIpc) is 3.50. The van der Waals surface area contributed by atoms with E-state index in [9.17, 15) is 4.79 Å². The number of ether oxygens (including phenoxy) is 2. The van der Waals surface area contributed by atoms with Crippen molar-refractivity contribution in [3.05, 3.63) is 101 Å². The maximum Gasteiger partial charge on any atom is 0.272 e. The zero-order chi connectivity index (χ0) is 20.8. The van der Waals surface area contributed by atoms with Crippen LogP contribution in [0.2, 0.25) is 0 Å². The smallest absolute Gasteiger partial charge is 0.272 e. The Labute approximate surface area is 179 Å². The fraction of sp³-hybridized carbons (Fsp3) is 0.120. The normalized spacial score (nSPS) is 16.3. The maximum atomic E-state index is 12.9. The lowest BCUT2D eigenvalue weighted by molar-refractivity contribution is 0.0954. The van der Waals surface area contributed by atoms with E-state index in [0.717, 1.165) is 33.7 Å². The number of nitrogens with zero attached hydrogens (tertiary/aromatic N) is 2. The molecule has 3 aromatic carbocycles. The molecule has 0 saturated heterocycles. The van der Waals surface area contributed by atoms with Gasteiger partial charge in [-0.3, -0.25) is 9.48 Å². The van der Waals surface area contributed by atoms with Gasteiger partial charge in [0.2, 0.25) is 6.79 Å². The Kier molecular flexibility index (Phi) is 4.02. The second-order valence-electron chi connectivity index (χ2n) is 7.64. The number of aromatic nitrogens is 2. The Bertz CT molecular complexity index is 1280. The molecular formula is C25H19N3O3. The first-order valence-corrected chi connectivity index (χ1v) is 10.2. The number of benzene rings is 3. The van der Waals surface area contributed by atoms with E-state index in [-0.39, 0.29) is 18.7 Å². The standard InChI is InChI=1S/C25H19N3O3/c29-25-23-21(22(26-25)18-11-12-19-20(13-18)31-15-30-19)24(17-9-5-2-6-10-17)28(27-23)14-16-7-3-1-4-8-16/h1-13,22H,14-15H2,(H,26,29). The highest BCUT2D eigenvalue weighted by molar-refractivity contribution is 6.00. The Morgan fingerprint density at radius 2 is 1.68 bits per heavy atom. The summed E-state index contributed by atoms with van der Waals surface area (Å²) >= 11 is 0. The lowest BCUT2D eigenvalue weighted by Crippen LogP contribution is -2.22. The quantitative estimate of drug-likeness (QED) is 0.550. The largest absolute Gasteiger partial charge is 0.454 e. The van der Waals surface area contributed by atoms with Crippen LogP contribution in [0, 0.1) is 0 Å². The molecule has 1 atom stereocenters. The van der Waals surface area contributed by atoms with Gasteiger partial charge >= 0.3 is 0 Å². The summed E-state index contributed by atoms with van der Waals surface area (Å²) in [6.07, 6.45) is 0. The van der Waals surface area contributed by atoms with E-state index in [4.69, 9.17) is 14.6 Å². The van der Waals surface area contributed by atoms with Crippen LogP contribution in [0.3, 0.4) is 0 Å². The third-order valence-electron chi connectivity index (χ3n) is 5.72. The molecule has 0 saturated carbocycles.